The number of amides is 4. The lowest BCUT2D eigenvalue weighted by molar-refractivity contribution is -0.134. The number of nitrogens with one attached hydrogen (secondary N) is 2. The van der Waals surface area contributed by atoms with Crippen molar-refractivity contribution in [2.45, 2.75) is 45.2 Å². The third-order valence-corrected chi connectivity index (χ3v) is 5.92. The van der Waals surface area contributed by atoms with Crippen molar-refractivity contribution in [3.63, 3.8) is 0 Å². The second-order valence-corrected chi connectivity index (χ2v) is 7.90. The highest BCUT2D eigenvalue weighted by atomic mass is 16.2. The predicted molar refractivity (Wildman–Crippen MR) is 123 cm³/mol. The minimum atomic E-state index is -1.28. The maximum atomic E-state index is 13.2. The van der Waals surface area contributed by atoms with Gasteiger partial charge in [-0.1, -0.05) is 50.6 Å². The number of carbonyl (C=O) groups excluding carboxylic acids is 3. The van der Waals surface area contributed by atoms with Crippen LogP contribution < -0.4 is 27.2 Å². The summed E-state index contributed by atoms with van der Waals surface area (Å²) in [5.74, 6) is -1.42. The van der Waals surface area contributed by atoms with Crippen molar-refractivity contribution < 1.29 is 14.4 Å². The van der Waals surface area contributed by atoms with Gasteiger partial charge in [0.1, 0.15) is 17.9 Å². The van der Waals surface area contributed by atoms with Crippen molar-refractivity contribution in [3.8, 4) is 0 Å². The Labute approximate surface area is 190 Å². The first-order chi connectivity index (χ1) is 15.7. The van der Waals surface area contributed by atoms with Crippen LogP contribution in [0, 0.1) is 0 Å². The number of nitrogens with two attached hydrogens (primary N) is 1. The van der Waals surface area contributed by atoms with Gasteiger partial charge in [0.05, 0.1) is 0 Å². The highest BCUT2D eigenvalue weighted by Gasteiger charge is 2.51. The largest absolute Gasteiger partial charge is 0.383 e. The fourth-order valence-electron chi connectivity index (χ4n) is 3.94. The van der Waals surface area contributed by atoms with Gasteiger partial charge >= 0.3 is 11.7 Å². The molecule has 1 fully saturated rings. The summed E-state index contributed by atoms with van der Waals surface area (Å²) in [4.78, 5) is 67.4. The number of urea groups is 1. The topological polar surface area (TPSA) is 151 Å². The molecule has 1 unspecified atom stereocenters. The molecule has 11 nitrogen and oxygen atoms in total. The summed E-state index contributed by atoms with van der Waals surface area (Å²) < 4.78 is 1.19. The number of rotatable bonds is 8. The molecular weight excluding hydrogens is 428 g/mol. The Bertz CT molecular complexity index is 1190. The molecule has 0 radical (unpaired) electrons. The number of imide groups is 1. The van der Waals surface area contributed by atoms with E-state index in [4.69, 9.17) is 5.73 Å². The molecule has 1 aliphatic heterocycles. The number of aromatic amines is 1. The molecule has 1 aromatic heterocycles. The van der Waals surface area contributed by atoms with E-state index in [0.29, 0.717) is 12.0 Å². The zero-order valence-corrected chi connectivity index (χ0v) is 18.9. The molecule has 1 aliphatic rings. The molecule has 4 N–H and O–H groups in total. The number of aromatic nitrogens is 2. The molecule has 4 amide bonds. The van der Waals surface area contributed by atoms with E-state index in [1.165, 1.54) is 11.6 Å². The third-order valence-electron chi connectivity index (χ3n) is 5.92. The molecule has 176 valence electrons. The van der Waals surface area contributed by atoms with Gasteiger partial charge in [-0.15, -0.1) is 0 Å². The lowest BCUT2D eigenvalue weighted by atomic mass is 9.87. The Morgan fingerprint density at radius 1 is 1.12 bits per heavy atom. The van der Waals surface area contributed by atoms with Gasteiger partial charge in [0.15, 0.2) is 5.69 Å². The van der Waals surface area contributed by atoms with E-state index in [1.807, 2.05) is 6.92 Å². The van der Waals surface area contributed by atoms with Crippen molar-refractivity contribution in [1.29, 1.82) is 0 Å². The fourth-order valence-corrected chi connectivity index (χ4v) is 3.94. The van der Waals surface area contributed by atoms with Gasteiger partial charge in [-0.2, -0.15) is 0 Å². The number of benzene rings is 1. The second-order valence-electron chi connectivity index (χ2n) is 7.90. The second kappa shape index (κ2) is 9.31. The molecule has 33 heavy (non-hydrogen) atoms. The summed E-state index contributed by atoms with van der Waals surface area (Å²) in [5, 5.41) is 2.71. The van der Waals surface area contributed by atoms with Crippen molar-refractivity contribution in [1.82, 2.24) is 19.8 Å². The summed E-state index contributed by atoms with van der Waals surface area (Å²) in [6.07, 6.45) is 1.73. The van der Waals surface area contributed by atoms with Gasteiger partial charge in [0, 0.05) is 13.6 Å². The monoisotopic (exact) mass is 456 g/mol. The maximum absolute atomic E-state index is 13.2. The molecule has 0 bridgehead atoms. The lowest BCUT2D eigenvalue weighted by Gasteiger charge is -2.26. The standard InChI is InChI=1S/C22H28N6O5/c1-4-6-12-27-17(23)16(18(30)24-20(27)32)26(3)15(29)13-28-19(31)22(5-2,25-21(28)33)14-10-8-7-9-11-14/h7-11H,4-6,12-13,23H2,1-3H3,(H,25,33)(H,24,30,32). The smallest absolute Gasteiger partial charge is 0.330 e. The molecule has 11 heteroatoms. The first kappa shape index (κ1) is 23.8. The number of hydrogen-bond donors (Lipinski definition) is 3. The van der Waals surface area contributed by atoms with E-state index in [2.05, 4.69) is 10.3 Å². The number of hydrogen-bond acceptors (Lipinski definition) is 6. The van der Waals surface area contributed by atoms with Crippen LogP contribution in [0.2, 0.25) is 0 Å². The van der Waals surface area contributed by atoms with Gasteiger partial charge in [0.2, 0.25) is 5.91 Å². The summed E-state index contributed by atoms with van der Waals surface area (Å²) in [6.45, 7) is 3.38. The van der Waals surface area contributed by atoms with Crippen LogP contribution in [-0.4, -0.2) is 45.9 Å². The first-order valence-electron chi connectivity index (χ1n) is 10.8. The lowest BCUT2D eigenvalue weighted by Crippen LogP contribution is -2.46. The molecular formula is C22H28N6O5. The average Bonchev–Trinajstić information content (AvgIpc) is 3.04. The third kappa shape index (κ3) is 4.13. The maximum Gasteiger partial charge on any atom is 0.330 e. The highest BCUT2D eigenvalue weighted by molar-refractivity contribution is 6.10. The van der Waals surface area contributed by atoms with Crippen LogP contribution in [0.4, 0.5) is 16.3 Å². The van der Waals surface area contributed by atoms with Crippen LogP contribution in [0.1, 0.15) is 38.7 Å². The number of nitrogens with zero attached hydrogens (tertiary/aromatic N) is 3. The van der Waals surface area contributed by atoms with Gasteiger partial charge in [-0.25, -0.2) is 9.59 Å². The van der Waals surface area contributed by atoms with E-state index < -0.39 is 41.2 Å². The Balaban J connectivity index is 1.89. The predicted octanol–water partition coefficient (Wildman–Crippen LogP) is 0.739. The van der Waals surface area contributed by atoms with E-state index >= 15 is 0 Å². The normalized spacial score (nSPS) is 17.8. The molecule has 3 rings (SSSR count). The number of anilines is 2. The number of unbranched alkanes of at least 4 members (excludes halogenated alkanes) is 1. The van der Waals surface area contributed by atoms with Gasteiger partial charge in [-0.3, -0.25) is 28.8 Å². The van der Waals surface area contributed by atoms with Gasteiger partial charge in [-0.05, 0) is 18.4 Å². The summed E-state index contributed by atoms with van der Waals surface area (Å²) >= 11 is 0. The van der Waals surface area contributed by atoms with E-state index in [-0.39, 0.29) is 24.5 Å². The number of carbonyl (C=O) groups is 3. The van der Waals surface area contributed by atoms with Gasteiger partial charge in [0.25, 0.3) is 11.5 Å². The first-order valence-corrected chi connectivity index (χ1v) is 10.8. The van der Waals surface area contributed by atoms with Crippen LogP contribution in [0.3, 0.4) is 0 Å². The van der Waals surface area contributed by atoms with Crippen LogP contribution in [-0.2, 0) is 21.7 Å². The fraction of sp³-hybridized carbons (Fsp3) is 0.409. The van der Waals surface area contributed by atoms with Crippen molar-refractivity contribution >= 4 is 29.4 Å². The van der Waals surface area contributed by atoms with Crippen molar-refractivity contribution in [2.75, 3.05) is 24.2 Å². The van der Waals surface area contributed by atoms with Crippen LogP contribution in [0.15, 0.2) is 39.9 Å². The zero-order valence-electron chi connectivity index (χ0n) is 18.9. The Hall–Kier alpha value is -3.89. The van der Waals surface area contributed by atoms with Crippen LogP contribution >= 0.6 is 0 Å². The minimum absolute atomic E-state index is 0.155. The van der Waals surface area contributed by atoms with Crippen molar-refractivity contribution in [2.24, 2.45) is 0 Å². The Morgan fingerprint density at radius 3 is 2.39 bits per heavy atom. The molecule has 0 saturated carbocycles. The van der Waals surface area contributed by atoms with Gasteiger partial charge < -0.3 is 16.0 Å². The van der Waals surface area contributed by atoms with E-state index in [0.717, 1.165) is 16.2 Å². The van der Waals surface area contributed by atoms with E-state index in [9.17, 15) is 24.0 Å². The SMILES string of the molecule is CCCCn1c(N)c(N(C)C(=O)CN2C(=O)NC(CC)(c3ccccc3)C2=O)c(=O)[nH]c1=O. The molecule has 1 aromatic carbocycles. The summed E-state index contributed by atoms with van der Waals surface area (Å²) in [7, 11) is 1.31. The van der Waals surface area contributed by atoms with E-state index in [1.54, 1.807) is 37.3 Å². The number of H-pyrrole nitrogens is 1. The Morgan fingerprint density at radius 2 is 1.79 bits per heavy atom. The number of likely N-dealkylation sites (N-methyl/N-ethyl adjacent to an activating group) is 1. The minimum Gasteiger partial charge on any atom is -0.383 e. The average molecular weight is 457 g/mol. The highest BCUT2D eigenvalue weighted by Crippen LogP contribution is 2.32. The summed E-state index contributed by atoms with van der Waals surface area (Å²) in [5.41, 5.74) is 3.68. The molecule has 0 spiro atoms. The molecule has 1 saturated heterocycles. The number of nitrogen functional groups attached to an aromatic ring is 1. The quantitative estimate of drug-likeness (QED) is 0.499. The summed E-state index contributed by atoms with van der Waals surface area (Å²) in [6, 6.07) is 8.08. The molecule has 0 aliphatic carbocycles. The molecule has 2 aromatic rings. The zero-order chi connectivity index (χ0) is 24.3. The molecule has 1 atom stereocenters. The Kier molecular flexibility index (Phi) is 6.70. The molecule has 2 heterocycles. The van der Waals surface area contributed by atoms with Crippen LogP contribution in [0.25, 0.3) is 0 Å². The van der Waals surface area contributed by atoms with Crippen LogP contribution in [0.5, 0.6) is 0 Å². The van der Waals surface area contributed by atoms with Crippen molar-refractivity contribution in [3.05, 3.63) is 56.7 Å².